The third-order valence-corrected chi connectivity index (χ3v) is 2.50. The maximum Gasteiger partial charge on any atom is 0.0578 e. The fourth-order valence-corrected chi connectivity index (χ4v) is 1.52. The number of hydrogen-bond donors (Lipinski definition) is 2. The summed E-state index contributed by atoms with van der Waals surface area (Å²) >= 11 is 0. The number of nitrogens with zero attached hydrogens (tertiary/aromatic N) is 1. The minimum atomic E-state index is 0.132. The first kappa shape index (κ1) is 12.6. The molecule has 0 saturated heterocycles. The van der Waals surface area contributed by atoms with Gasteiger partial charge in [-0.3, -0.25) is 5.32 Å². The van der Waals surface area contributed by atoms with Crippen molar-refractivity contribution in [3.8, 4) is 12.3 Å². The third kappa shape index (κ3) is 3.27. The van der Waals surface area contributed by atoms with E-state index < -0.39 is 0 Å². The lowest BCUT2D eigenvalue weighted by atomic mass is 10.1. The van der Waals surface area contributed by atoms with E-state index in [1.165, 1.54) is 11.3 Å². The van der Waals surface area contributed by atoms with Crippen molar-refractivity contribution in [3.63, 3.8) is 0 Å². The van der Waals surface area contributed by atoms with Gasteiger partial charge in [-0.05, 0) is 17.7 Å². The molecular weight excluding hydrogens is 198 g/mol. The number of anilines is 1. The summed E-state index contributed by atoms with van der Waals surface area (Å²) in [6.45, 7) is 1.08. The Morgan fingerprint density at radius 2 is 2.00 bits per heavy atom. The number of nitrogens with one attached hydrogen (secondary N) is 1. The maximum absolute atomic E-state index is 5.70. The molecule has 0 aliphatic heterocycles. The van der Waals surface area contributed by atoms with E-state index in [1.54, 1.807) is 0 Å². The first-order chi connectivity index (χ1) is 7.69. The molecule has 0 heterocycles. The van der Waals surface area contributed by atoms with Gasteiger partial charge in [0.05, 0.1) is 6.54 Å². The van der Waals surface area contributed by atoms with Crippen LogP contribution in [0.4, 0.5) is 5.69 Å². The van der Waals surface area contributed by atoms with Gasteiger partial charge in [-0.15, -0.1) is 6.42 Å². The number of hydrogen-bond acceptors (Lipinski definition) is 3. The molecule has 0 aromatic heterocycles. The zero-order valence-electron chi connectivity index (χ0n) is 9.90. The number of rotatable bonds is 5. The minimum Gasteiger partial charge on any atom is -0.378 e. The van der Waals surface area contributed by atoms with Crippen LogP contribution < -0.4 is 16.0 Å². The first-order valence-electron chi connectivity index (χ1n) is 5.33. The van der Waals surface area contributed by atoms with Gasteiger partial charge in [0.2, 0.25) is 0 Å². The molecule has 1 rings (SSSR count). The maximum atomic E-state index is 5.70. The molecule has 0 saturated carbocycles. The van der Waals surface area contributed by atoms with Crippen LogP contribution >= 0.6 is 0 Å². The Hall–Kier alpha value is -1.50. The molecule has 86 valence electrons. The highest BCUT2D eigenvalue weighted by Crippen LogP contribution is 2.17. The van der Waals surface area contributed by atoms with E-state index in [0.29, 0.717) is 13.1 Å². The highest BCUT2D eigenvalue weighted by molar-refractivity contribution is 5.46. The molecule has 3 nitrogen and oxygen atoms in total. The molecule has 1 aromatic rings. The summed E-state index contributed by atoms with van der Waals surface area (Å²) in [6.07, 6.45) is 5.21. The minimum absolute atomic E-state index is 0.132. The van der Waals surface area contributed by atoms with Gasteiger partial charge in [0.1, 0.15) is 0 Å². The predicted octanol–water partition coefficient (Wildman–Crippen LogP) is 0.975. The molecule has 3 heteroatoms. The zero-order chi connectivity index (χ0) is 12.0. The summed E-state index contributed by atoms with van der Waals surface area (Å²) in [6, 6.07) is 8.45. The van der Waals surface area contributed by atoms with Crippen LogP contribution in [-0.4, -0.2) is 27.2 Å². The van der Waals surface area contributed by atoms with Gasteiger partial charge in [0, 0.05) is 32.4 Å². The van der Waals surface area contributed by atoms with Crippen molar-refractivity contribution in [2.75, 3.05) is 32.1 Å². The lowest BCUT2D eigenvalue weighted by Crippen LogP contribution is -2.28. The monoisotopic (exact) mass is 217 g/mol. The van der Waals surface area contributed by atoms with Crippen LogP contribution in [-0.2, 0) is 0 Å². The van der Waals surface area contributed by atoms with Crippen molar-refractivity contribution in [2.45, 2.75) is 6.04 Å². The molecule has 0 aliphatic rings. The lowest BCUT2D eigenvalue weighted by molar-refractivity contribution is 0.582. The van der Waals surface area contributed by atoms with Gasteiger partial charge < -0.3 is 10.6 Å². The normalized spacial score (nSPS) is 11.9. The van der Waals surface area contributed by atoms with Crippen molar-refractivity contribution in [3.05, 3.63) is 29.8 Å². The number of nitrogens with two attached hydrogens (primary N) is 1. The van der Waals surface area contributed by atoms with Crippen LogP contribution in [0.5, 0.6) is 0 Å². The van der Waals surface area contributed by atoms with Gasteiger partial charge >= 0.3 is 0 Å². The second kappa shape index (κ2) is 6.16. The van der Waals surface area contributed by atoms with Crippen molar-refractivity contribution in [2.24, 2.45) is 5.73 Å². The Morgan fingerprint density at radius 3 is 2.44 bits per heavy atom. The molecule has 0 spiro atoms. The second-order valence-corrected chi connectivity index (χ2v) is 3.86. The van der Waals surface area contributed by atoms with Crippen molar-refractivity contribution < 1.29 is 0 Å². The molecule has 16 heavy (non-hydrogen) atoms. The molecule has 0 fully saturated rings. The van der Waals surface area contributed by atoms with Crippen molar-refractivity contribution in [1.82, 2.24) is 5.32 Å². The first-order valence-corrected chi connectivity index (χ1v) is 5.33. The number of benzene rings is 1. The Bertz CT molecular complexity index is 348. The summed E-state index contributed by atoms with van der Waals surface area (Å²) < 4.78 is 0. The highest BCUT2D eigenvalue weighted by atomic mass is 15.1. The van der Waals surface area contributed by atoms with Crippen molar-refractivity contribution in [1.29, 1.82) is 0 Å². The molecule has 0 amide bonds. The summed E-state index contributed by atoms with van der Waals surface area (Å²) in [4.78, 5) is 2.07. The van der Waals surface area contributed by atoms with Crippen LogP contribution in [0.1, 0.15) is 11.6 Å². The van der Waals surface area contributed by atoms with E-state index in [9.17, 15) is 0 Å². The third-order valence-electron chi connectivity index (χ3n) is 2.50. The van der Waals surface area contributed by atoms with Gasteiger partial charge in [-0.1, -0.05) is 18.1 Å². The smallest absolute Gasteiger partial charge is 0.0578 e. The zero-order valence-corrected chi connectivity index (χ0v) is 9.90. The van der Waals surface area contributed by atoms with E-state index in [1.807, 2.05) is 14.1 Å². The molecule has 1 atom stereocenters. The molecule has 0 bridgehead atoms. The van der Waals surface area contributed by atoms with E-state index in [4.69, 9.17) is 12.2 Å². The molecule has 3 N–H and O–H groups in total. The van der Waals surface area contributed by atoms with Crippen LogP contribution in [0.25, 0.3) is 0 Å². The van der Waals surface area contributed by atoms with Crippen LogP contribution in [0.3, 0.4) is 0 Å². The fraction of sp³-hybridized carbons (Fsp3) is 0.385. The Labute approximate surface area is 97.6 Å². The summed E-state index contributed by atoms with van der Waals surface area (Å²) in [5, 5.41) is 3.21. The van der Waals surface area contributed by atoms with Gasteiger partial charge in [-0.2, -0.15) is 0 Å². The topological polar surface area (TPSA) is 41.3 Å². The lowest BCUT2D eigenvalue weighted by Gasteiger charge is -2.18. The Kier molecular flexibility index (Phi) is 4.84. The van der Waals surface area contributed by atoms with Gasteiger partial charge in [0.15, 0.2) is 0 Å². The standard InChI is InChI=1S/C13H19N3/c1-4-9-15-13(10-14)11-5-7-12(8-6-11)16(2)3/h1,5-8,13,15H,9-10,14H2,2-3H3. The Morgan fingerprint density at radius 1 is 1.38 bits per heavy atom. The van der Waals surface area contributed by atoms with Gasteiger partial charge in [0.25, 0.3) is 0 Å². The molecule has 0 aliphatic carbocycles. The SMILES string of the molecule is C#CCNC(CN)c1ccc(N(C)C)cc1. The van der Waals surface area contributed by atoms with E-state index in [2.05, 4.69) is 40.4 Å². The highest BCUT2D eigenvalue weighted by Gasteiger charge is 2.07. The molecule has 1 aromatic carbocycles. The second-order valence-electron chi connectivity index (χ2n) is 3.86. The quantitative estimate of drug-likeness (QED) is 0.722. The summed E-state index contributed by atoms with van der Waals surface area (Å²) in [5.74, 6) is 2.56. The average Bonchev–Trinajstić information content (AvgIpc) is 2.30. The van der Waals surface area contributed by atoms with Crippen LogP contribution in [0.2, 0.25) is 0 Å². The van der Waals surface area contributed by atoms with Crippen molar-refractivity contribution >= 4 is 5.69 Å². The summed E-state index contributed by atoms with van der Waals surface area (Å²) in [7, 11) is 4.04. The van der Waals surface area contributed by atoms with Crippen LogP contribution in [0.15, 0.2) is 24.3 Å². The predicted molar refractivity (Wildman–Crippen MR) is 69.4 cm³/mol. The van der Waals surface area contributed by atoms with E-state index >= 15 is 0 Å². The van der Waals surface area contributed by atoms with E-state index in [0.717, 1.165) is 0 Å². The largest absolute Gasteiger partial charge is 0.378 e. The number of terminal acetylenes is 1. The Balaban J connectivity index is 2.75. The fourth-order valence-electron chi connectivity index (χ4n) is 1.52. The molecule has 1 unspecified atom stereocenters. The summed E-state index contributed by atoms with van der Waals surface area (Å²) in [5.41, 5.74) is 8.05. The van der Waals surface area contributed by atoms with E-state index in [-0.39, 0.29) is 6.04 Å². The molecular formula is C13H19N3. The van der Waals surface area contributed by atoms with Crippen LogP contribution in [0, 0.1) is 12.3 Å². The molecule has 0 radical (unpaired) electrons. The average molecular weight is 217 g/mol. The van der Waals surface area contributed by atoms with Gasteiger partial charge in [-0.25, -0.2) is 0 Å².